The summed E-state index contributed by atoms with van der Waals surface area (Å²) >= 11 is 0. The van der Waals surface area contributed by atoms with Crippen LogP contribution in [0.4, 0.5) is 41.9 Å². The van der Waals surface area contributed by atoms with Crippen molar-refractivity contribution in [2.45, 2.75) is 124 Å². The highest BCUT2D eigenvalue weighted by Gasteiger charge is 2.10. The van der Waals surface area contributed by atoms with E-state index in [-0.39, 0.29) is 24.1 Å². The van der Waals surface area contributed by atoms with Gasteiger partial charge in [-0.25, -0.2) is 34.1 Å². The number of nitrogens with zero attached hydrogens (tertiary/aromatic N) is 9. The van der Waals surface area contributed by atoms with Crippen molar-refractivity contribution < 1.29 is 57.1 Å². The number of hydrogen-bond acceptors (Lipinski definition) is 21. The smallest absolute Gasteiger partial charge is 0.318 e. The Kier molecular flexibility index (Phi) is 87.7. The van der Waals surface area contributed by atoms with E-state index in [0.717, 1.165) is 85.2 Å². The third kappa shape index (κ3) is 65.4. The Balaban J connectivity index is -0.000000447. The van der Waals surface area contributed by atoms with Gasteiger partial charge in [0.1, 0.15) is 77.3 Å². The fraction of sp³-hybridized carbons (Fsp3) is 0.279. The van der Waals surface area contributed by atoms with Crippen LogP contribution in [0.2, 0.25) is 0 Å². The number of rotatable bonds is 8. The molecule has 0 bridgehead atoms. The molecule has 0 unspecified atom stereocenters. The number of anilines is 4. The Bertz CT molecular complexity index is 4480. The fourth-order valence-electron chi connectivity index (χ4n) is 8.41. The van der Waals surface area contributed by atoms with Crippen LogP contribution in [-0.2, 0) is 11.3 Å². The molecule has 15 rings (SSSR count). The van der Waals surface area contributed by atoms with Gasteiger partial charge in [0.25, 0.3) is 0 Å². The Morgan fingerprint density at radius 1 is 0.336 bits per heavy atom. The van der Waals surface area contributed by atoms with Gasteiger partial charge in [-0.15, -0.1) is 0 Å². The summed E-state index contributed by atoms with van der Waals surface area (Å²) in [5.41, 5.74) is 7.64. The number of nitriles is 3. The lowest BCUT2D eigenvalue weighted by Crippen LogP contribution is -2.24. The van der Waals surface area contributed by atoms with Gasteiger partial charge >= 0.3 is 24.1 Å². The van der Waals surface area contributed by atoms with Crippen LogP contribution in [-0.4, -0.2) is 136 Å². The molecule has 0 aliphatic carbocycles. The van der Waals surface area contributed by atoms with Gasteiger partial charge in [-0.05, 0) is 189 Å². The van der Waals surface area contributed by atoms with E-state index in [0.29, 0.717) is 43.7 Å². The number of carbonyl (C=O) groups is 4. The van der Waals surface area contributed by atoms with Gasteiger partial charge in [0, 0.05) is 105 Å². The first kappa shape index (κ1) is 126. The highest BCUT2D eigenvalue weighted by Crippen LogP contribution is 2.29. The molecule has 134 heavy (non-hydrogen) atoms. The molecule has 6 aromatic heterocycles. The lowest BCUT2D eigenvalue weighted by molar-refractivity contribution is -0.0163. The Morgan fingerprint density at radius 2 is 0.627 bits per heavy atom. The molecular formula is C104H142N18O12. The van der Waals surface area contributed by atoms with Gasteiger partial charge in [-0.3, -0.25) is 15.1 Å². The summed E-state index contributed by atoms with van der Waals surface area (Å²) in [7, 11) is 12.7. The molecule has 30 heteroatoms. The van der Waals surface area contributed by atoms with Crippen LogP contribution in [0.15, 0.2) is 304 Å². The van der Waals surface area contributed by atoms with Gasteiger partial charge in [0.15, 0.2) is 18.3 Å². The lowest BCUT2D eigenvalue weighted by atomic mass is 10.2. The first-order valence-corrected chi connectivity index (χ1v) is 43.8. The van der Waals surface area contributed by atoms with Crippen LogP contribution in [0.3, 0.4) is 0 Å². The van der Waals surface area contributed by atoms with Gasteiger partial charge in [0.2, 0.25) is 0 Å². The first-order valence-electron chi connectivity index (χ1n) is 43.8. The van der Waals surface area contributed by atoms with Crippen molar-refractivity contribution in [1.29, 1.82) is 15.8 Å². The summed E-state index contributed by atoms with van der Waals surface area (Å²) in [6, 6.07) is 84.1. The third-order valence-electron chi connectivity index (χ3n) is 14.3. The number of amides is 8. The minimum atomic E-state index is -0.231. The van der Waals surface area contributed by atoms with Crippen molar-refractivity contribution in [3.8, 4) is 58.5 Å². The Morgan fingerprint density at radius 3 is 0.866 bits per heavy atom. The summed E-state index contributed by atoms with van der Waals surface area (Å²) < 4.78 is 40.8. The van der Waals surface area contributed by atoms with Crippen LogP contribution < -0.4 is 75.7 Å². The van der Waals surface area contributed by atoms with E-state index in [1.54, 1.807) is 245 Å². The maximum Gasteiger partial charge on any atom is 0.318 e. The zero-order valence-electron chi connectivity index (χ0n) is 82.6. The number of ether oxygens (including phenoxy) is 8. The standard InChI is InChI=1S/4C9H12N2O2.2C8H8O2.C7H6N2.3C6H4N2.C6H7N.C5H5N.8C2H6/c4*1-10-9(12)11-7-3-5-8(13-2)6-4-7;1-2-4-8-7(3-1)5-9-6-10-8;1-2-4-8-7(3-1)9-5-6-10-8;1-2-4-7-6(3-1)5-8-9-7;3*7-5-6-3-1-2-4-8-6;1-6-4-2-3-5-7-6;1-2-4-6-5-3-1;8*1-2/h4*3-6H,1-2H3,(H2,10,11,12);2*1-4H,5-6H2;1-5H,(H,8,9);3*1-4H;2-5H,1H3;1-5H;8*1-2H3. The number of aromatic amines is 1. The molecule has 0 spiro atoms. The summed E-state index contributed by atoms with van der Waals surface area (Å²) in [6.07, 6.45) is 11.9. The van der Waals surface area contributed by atoms with E-state index >= 15 is 0 Å². The fourth-order valence-corrected chi connectivity index (χ4v) is 8.41. The monoisotopic (exact) mass is 1840 g/mol. The average molecular weight is 1840 g/mol. The van der Waals surface area contributed by atoms with Crippen LogP contribution in [0.25, 0.3) is 10.9 Å². The van der Waals surface area contributed by atoms with Crippen LogP contribution >= 0.6 is 0 Å². The summed E-state index contributed by atoms with van der Waals surface area (Å²) in [4.78, 5) is 62.5. The molecule has 720 valence electrons. The predicted molar refractivity (Wildman–Crippen MR) is 545 cm³/mol. The molecule has 8 heterocycles. The Hall–Kier alpha value is -16.1. The van der Waals surface area contributed by atoms with E-state index in [1.807, 2.05) is 251 Å². The molecule has 0 fully saturated rings. The van der Waals surface area contributed by atoms with Gasteiger partial charge in [0.05, 0.1) is 46.8 Å². The molecule has 0 saturated heterocycles. The molecule has 30 nitrogen and oxygen atoms in total. The van der Waals surface area contributed by atoms with Crippen LogP contribution in [0.5, 0.6) is 40.2 Å². The Labute approximate surface area is 796 Å². The number of aryl methyl sites for hydroxylation is 1. The number of carbonyl (C=O) groups excluding carboxylic acids is 4. The van der Waals surface area contributed by atoms with Crippen molar-refractivity contribution >= 4 is 57.8 Å². The largest absolute Gasteiger partial charge is 0.497 e. The molecule has 0 atom stereocenters. The lowest BCUT2D eigenvalue weighted by Gasteiger charge is -2.17. The number of benzene rings is 7. The summed E-state index contributed by atoms with van der Waals surface area (Å²) in [5, 5.41) is 53.0. The van der Waals surface area contributed by atoms with Crippen molar-refractivity contribution in [2.75, 3.05) is 97.9 Å². The second kappa shape index (κ2) is 93.0. The highest BCUT2D eigenvalue weighted by molar-refractivity contribution is 5.90. The molecule has 8 amide bonds. The number of urea groups is 4. The minimum absolute atomic E-state index is 0.231. The van der Waals surface area contributed by atoms with Crippen molar-refractivity contribution in [1.82, 2.24) is 56.4 Å². The van der Waals surface area contributed by atoms with E-state index in [2.05, 4.69) is 77.7 Å². The van der Waals surface area contributed by atoms with Gasteiger partial charge in [-0.2, -0.15) is 20.9 Å². The van der Waals surface area contributed by atoms with Crippen LogP contribution in [0, 0.1) is 40.9 Å². The van der Waals surface area contributed by atoms with E-state index < -0.39 is 0 Å². The number of fused-ring (bicyclic) bond motifs is 3. The van der Waals surface area contributed by atoms with E-state index in [4.69, 9.17) is 53.7 Å². The quantitative estimate of drug-likeness (QED) is 0.0682. The van der Waals surface area contributed by atoms with E-state index in [9.17, 15) is 19.2 Å². The maximum absolute atomic E-state index is 10.9. The molecule has 2 aliphatic heterocycles. The van der Waals surface area contributed by atoms with Crippen LogP contribution in [0.1, 0.15) is 139 Å². The van der Waals surface area contributed by atoms with E-state index in [1.165, 1.54) is 0 Å². The zero-order valence-corrected chi connectivity index (χ0v) is 82.6. The average Bonchev–Trinajstić information content (AvgIpc) is 1.51. The molecule has 2 aliphatic rings. The molecule has 0 saturated carbocycles. The highest BCUT2D eigenvalue weighted by atomic mass is 16.7. The maximum atomic E-state index is 10.9. The first-order chi connectivity index (χ1) is 65.6. The predicted octanol–water partition coefficient (Wildman–Crippen LogP) is 23.9. The van der Waals surface area contributed by atoms with Crippen molar-refractivity contribution in [2.24, 2.45) is 0 Å². The zero-order chi connectivity index (χ0) is 101. The number of pyridine rings is 5. The summed E-state index contributed by atoms with van der Waals surface area (Å²) in [6.45, 7) is 36.4. The molecule has 7 aromatic carbocycles. The van der Waals surface area contributed by atoms with Gasteiger partial charge in [-0.1, -0.05) is 190 Å². The SMILES string of the molecule is CC.CC.CC.CC.CC.CC.CC.CC.CNC(=O)Nc1ccc(OC)cc1.CNC(=O)Nc1ccc(OC)cc1.CNC(=O)Nc1ccc(OC)cc1.CNC(=O)Nc1ccc(OC)cc1.Cc1ccccn1.N#Cc1ccccn1.N#Cc1ccccn1.N#Cc1ccccn1.c1ccc2[nH]ncc2c1.c1ccc2c(c1)COCO2.c1ccc2c(c1)OCCO2.c1ccncc1. The van der Waals surface area contributed by atoms with Crippen molar-refractivity contribution in [3.05, 3.63) is 333 Å². The summed E-state index contributed by atoms with van der Waals surface area (Å²) in [5.74, 6) is 5.73. The molecule has 0 radical (unpaired) electrons. The number of H-pyrrole nitrogens is 1. The van der Waals surface area contributed by atoms with Crippen molar-refractivity contribution in [3.63, 3.8) is 0 Å². The normalized spacial score (nSPS) is 9.06. The third-order valence-corrected chi connectivity index (χ3v) is 14.3. The number of para-hydroxylation sites is 4. The number of methoxy groups -OCH3 is 4. The number of aromatic nitrogens is 7. The molecular weight excluding hydrogens is 1690 g/mol. The minimum Gasteiger partial charge on any atom is -0.497 e. The topological polar surface area (TPSA) is 403 Å². The molecule has 9 N–H and O–H groups in total. The van der Waals surface area contributed by atoms with Gasteiger partial charge < -0.3 is 80.4 Å². The number of hydrogen-bond donors (Lipinski definition) is 9. The second-order valence-corrected chi connectivity index (χ2v) is 22.5. The second-order valence-electron chi connectivity index (χ2n) is 22.5. The number of nitrogens with one attached hydrogen (secondary N) is 9. The molecule has 13 aromatic rings.